The van der Waals surface area contributed by atoms with Gasteiger partial charge in [-0.1, -0.05) is 22.9 Å². The van der Waals surface area contributed by atoms with Crippen LogP contribution < -0.4 is 9.64 Å². The number of carbonyl (C=O) groups excluding carboxylic acids is 1. The Hall–Kier alpha value is -2.20. The summed E-state index contributed by atoms with van der Waals surface area (Å²) >= 11 is 7.77. The third-order valence-corrected chi connectivity index (χ3v) is 6.47. The molecule has 1 saturated heterocycles. The third kappa shape index (κ3) is 4.09. The van der Waals surface area contributed by atoms with Crippen molar-refractivity contribution in [3.63, 3.8) is 0 Å². The molecule has 1 aromatic carbocycles. The number of fused-ring (bicyclic) bond motifs is 1. The number of ether oxygens (including phenoxy) is 2. The lowest BCUT2D eigenvalue weighted by molar-refractivity contribution is 0.0391. The van der Waals surface area contributed by atoms with Crippen LogP contribution in [-0.4, -0.2) is 72.1 Å². The zero-order valence-corrected chi connectivity index (χ0v) is 17.9. The monoisotopic (exact) mass is 435 g/mol. The molecule has 0 bridgehead atoms. The van der Waals surface area contributed by atoms with Crippen LogP contribution >= 0.6 is 22.9 Å². The second-order valence-electron chi connectivity index (χ2n) is 6.67. The number of rotatable bonds is 6. The summed E-state index contributed by atoms with van der Waals surface area (Å²) in [4.78, 5) is 22.0. The SMILES string of the molecule is COc1ccc(Cl)c2sc(N(CCN3CCOCC3)C(=O)c3ccnn3C)nc12. The number of benzene rings is 1. The molecule has 2 aromatic heterocycles. The number of morpholine rings is 1. The number of nitrogens with zero attached hydrogens (tertiary/aromatic N) is 5. The summed E-state index contributed by atoms with van der Waals surface area (Å²) in [6.07, 6.45) is 1.62. The molecule has 1 fully saturated rings. The summed E-state index contributed by atoms with van der Waals surface area (Å²) in [6.45, 7) is 4.37. The second kappa shape index (κ2) is 8.66. The third-order valence-electron chi connectivity index (χ3n) is 4.93. The van der Waals surface area contributed by atoms with E-state index in [9.17, 15) is 4.79 Å². The molecule has 1 aliphatic heterocycles. The van der Waals surface area contributed by atoms with E-state index in [0.717, 1.165) is 24.3 Å². The largest absolute Gasteiger partial charge is 0.494 e. The van der Waals surface area contributed by atoms with Crippen LogP contribution in [0.25, 0.3) is 10.2 Å². The van der Waals surface area contributed by atoms with E-state index in [-0.39, 0.29) is 5.91 Å². The molecule has 1 amide bonds. The predicted molar refractivity (Wildman–Crippen MR) is 113 cm³/mol. The van der Waals surface area contributed by atoms with E-state index in [1.165, 1.54) is 11.3 Å². The van der Waals surface area contributed by atoms with Gasteiger partial charge in [-0.05, 0) is 18.2 Å². The van der Waals surface area contributed by atoms with E-state index in [4.69, 9.17) is 26.1 Å². The molecule has 1 aliphatic rings. The highest BCUT2D eigenvalue weighted by molar-refractivity contribution is 7.23. The van der Waals surface area contributed by atoms with Crippen LogP contribution in [0.1, 0.15) is 10.5 Å². The Bertz CT molecular complexity index is 1010. The number of carbonyl (C=O) groups is 1. The first-order valence-electron chi connectivity index (χ1n) is 9.31. The van der Waals surface area contributed by atoms with Gasteiger partial charge >= 0.3 is 0 Å². The van der Waals surface area contributed by atoms with Crippen molar-refractivity contribution in [3.05, 3.63) is 35.1 Å². The summed E-state index contributed by atoms with van der Waals surface area (Å²) in [7, 11) is 3.35. The minimum Gasteiger partial charge on any atom is -0.494 e. The first-order valence-corrected chi connectivity index (χ1v) is 10.5. The van der Waals surface area contributed by atoms with Crippen LogP contribution in [0.15, 0.2) is 24.4 Å². The van der Waals surface area contributed by atoms with Crippen molar-refractivity contribution in [1.82, 2.24) is 19.7 Å². The maximum Gasteiger partial charge on any atom is 0.278 e. The minimum atomic E-state index is -0.146. The Kier molecular flexibility index (Phi) is 6.00. The van der Waals surface area contributed by atoms with Gasteiger partial charge < -0.3 is 9.47 Å². The summed E-state index contributed by atoms with van der Waals surface area (Å²) in [5, 5.41) is 5.31. The lowest BCUT2D eigenvalue weighted by atomic mass is 10.3. The Balaban J connectivity index is 1.69. The average Bonchev–Trinajstić information content (AvgIpc) is 3.36. The van der Waals surface area contributed by atoms with Crippen molar-refractivity contribution in [2.75, 3.05) is 51.4 Å². The molecule has 0 aliphatic carbocycles. The van der Waals surface area contributed by atoms with E-state index in [2.05, 4.69) is 10.00 Å². The van der Waals surface area contributed by atoms with Gasteiger partial charge in [0.25, 0.3) is 5.91 Å². The Morgan fingerprint density at radius 2 is 2.14 bits per heavy atom. The zero-order valence-electron chi connectivity index (χ0n) is 16.3. The maximum absolute atomic E-state index is 13.3. The number of halogens is 1. The second-order valence-corrected chi connectivity index (χ2v) is 8.06. The van der Waals surface area contributed by atoms with Crippen LogP contribution in [-0.2, 0) is 11.8 Å². The maximum atomic E-state index is 13.3. The van der Waals surface area contributed by atoms with Gasteiger partial charge in [0.1, 0.15) is 17.0 Å². The smallest absolute Gasteiger partial charge is 0.278 e. The van der Waals surface area contributed by atoms with E-state index in [1.54, 1.807) is 48.1 Å². The lowest BCUT2D eigenvalue weighted by Gasteiger charge is -2.29. The molecular weight excluding hydrogens is 414 g/mol. The number of hydrogen-bond donors (Lipinski definition) is 0. The zero-order chi connectivity index (χ0) is 20.4. The van der Waals surface area contributed by atoms with Gasteiger partial charge in [-0.25, -0.2) is 4.98 Å². The molecule has 154 valence electrons. The predicted octanol–water partition coefficient (Wildman–Crippen LogP) is 2.67. The number of thiazole rings is 1. The van der Waals surface area contributed by atoms with Crippen LogP contribution in [0.5, 0.6) is 5.75 Å². The number of hydrogen-bond acceptors (Lipinski definition) is 7. The summed E-state index contributed by atoms with van der Waals surface area (Å²) in [5.41, 5.74) is 1.17. The van der Waals surface area contributed by atoms with Gasteiger partial charge in [0.2, 0.25) is 0 Å². The molecule has 3 heterocycles. The van der Waals surface area contributed by atoms with Gasteiger partial charge in [-0.15, -0.1) is 0 Å². The van der Waals surface area contributed by atoms with Crippen LogP contribution in [0.2, 0.25) is 5.02 Å². The Morgan fingerprint density at radius 1 is 1.34 bits per heavy atom. The van der Waals surface area contributed by atoms with Gasteiger partial charge in [-0.2, -0.15) is 5.10 Å². The van der Waals surface area contributed by atoms with Crippen LogP contribution in [0.3, 0.4) is 0 Å². The van der Waals surface area contributed by atoms with Gasteiger partial charge in [0, 0.05) is 39.4 Å². The number of aromatic nitrogens is 3. The fourth-order valence-electron chi connectivity index (χ4n) is 3.29. The van der Waals surface area contributed by atoms with Crippen molar-refractivity contribution in [2.45, 2.75) is 0 Å². The molecule has 8 nitrogen and oxygen atoms in total. The van der Waals surface area contributed by atoms with Gasteiger partial charge in [-0.3, -0.25) is 19.3 Å². The number of anilines is 1. The first-order chi connectivity index (χ1) is 14.1. The molecular formula is C19H22ClN5O3S. The van der Waals surface area contributed by atoms with E-state index in [0.29, 0.717) is 46.9 Å². The van der Waals surface area contributed by atoms with Crippen molar-refractivity contribution in [1.29, 1.82) is 0 Å². The standard InChI is InChI=1S/C19H22ClN5O3S/c1-23-14(5-6-21-23)18(26)25(8-7-24-9-11-28-12-10-24)19-22-16-15(27-2)4-3-13(20)17(16)29-19/h3-6H,7-12H2,1-2H3. The first kappa shape index (κ1) is 20.1. The van der Waals surface area contributed by atoms with Gasteiger partial charge in [0.05, 0.1) is 30.0 Å². The molecule has 29 heavy (non-hydrogen) atoms. The number of methoxy groups -OCH3 is 1. The van der Waals surface area contributed by atoms with Crippen LogP contribution in [0, 0.1) is 0 Å². The highest BCUT2D eigenvalue weighted by atomic mass is 35.5. The number of amides is 1. The summed E-state index contributed by atoms with van der Waals surface area (Å²) < 4.78 is 13.2. The molecule has 0 N–H and O–H groups in total. The molecule has 10 heteroatoms. The van der Waals surface area contributed by atoms with E-state index >= 15 is 0 Å². The van der Waals surface area contributed by atoms with Gasteiger partial charge in [0.15, 0.2) is 5.13 Å². The molecule has 0 spiro atoms. The quantitative estimate of drug-likeness (QED) is 0.592. The Morgan fingerprint density at radius 3 is 2.83 bits per heavy atom. The van der Waals surface area contributed by atoms with Crippen molar-refractivity contribution < 1.29 is 14.3 Å². The molecule has 3 aromatic rings. The molecule has 0 unspecified atom stereocenters. The topological polar surface area (TPSA) is 72.7 Å². The fourth-order valence-corrected chi connectivity index (χ4v) is 4.57. The lowest BCUT2D eigenvalue weighted by Crippen LogP contribution is -2.43. The number of aryl methyl sites for hydroxylation is 1. The highest BCUT2D eigenvalue weighted by Crippen LogP contribution is 2.39. The summed E-state index contributed by atoms with van der Waals surface area (Å²) in [6, 6.07) is 5.28. The fraction of sp³-hybridized carbons (Fsp3) is 0.421. The normalized spacial score (nSPS) is 15.0. The van der Waals surface area contributed by atoms with E-state index in [1.807, 2.05) is 0 Å². The Labute approximate surface area is 177 Å². The average molecular weight is 436 g/mol. The molecule has 0 atom stereocenters. The van der Waals surface area contributed by atoms with Crippen molar-refractivity contribution in [3.8, 4) is 5.75 Å². The van der Waals surface area contributed by atoms with Crippen molar-refractivity contribution >= 4 is 44.2 Å². The van der Waals surface area contributed by atoms with Crippen molar-refractivity contribution in [2.24, 2.45) is 7.05 Å². The minimum absolute atomic E-state index is 0.146. The van der Waals surface area contributed by atoms with Crippen LogP contribution in [0.4, 0.5) is 5.13 Å². The molecule has 4 rings (SSSR count). The van der Waals surface area contributed by atoms with E-state index < -0.39 is 0 Å². The molecule has 0 saturated carbocycles. The molecule has 0 radical (unpaired) electrons. The summed E-state index contributed by atoms with van der Waals surface area (Å²) in [5.74, 6) is 0.486. The highest BCUT2D eigenvalue weighted by Gasteiger charge is 2.26.